The highest BCUT2D eigenvalue weighted by Gasteiger charge is 2.30. The Hall–Kier alpha value is -2.60. The maximum absolute atomic E-state index is 13.2. The Morgan fingerprint density at radius 1 is 1.00 bits per heavy atom. The molecule has 2 aliphatic heterocycles. The fourth-order valence-corrected chi connectivity index (χ4v) is 4.17. The van der Waals surface area contributed by atoms with Crippen molar-refractivity contribution in [2.24, 2.45) is 5.10 Å². The Labute approximate surface area is 156 Å². The topological polar surface area (TPSA) is 53.0 Å². The molecule has 5 nitrogen and oxygen atoms in total. The molecule has 0 fully saturated rings. The van der Waals surface area contributed by atoms with E-state index in [0.717, 1.165) is 22.8 Å². The largest absolute Gasteiger partial charge is 0.306 e. The predicted molar refractivity (Wildman–Crippen MR) is 105 cm³/mol. The van der Waals surface area contributed by atoms with E-state index in [9.17, 15) is 9.59 Å². The van der Waals surface area contributed by atoms with Crippen molar-refractivity contribution in [3.8, 4) is 0 Å². The van der Waals surface area contributed by atoms with Gasteiger partial charge in [0.1, 0.15) is 5.71 Å². The minimum atomic E-state index is -0.103. The van der Waals surface area contributed by atoms with Gasteiger partial charge in [-0.25, -0.2) is 5.01 Å². The summed E-state index contributed by atoms with van der Waals surface area (Å²) in [6.45, 7) is 0.668. The first-order valence-electron chi connectivity index (χ1n) is 8.73. The molecule has 0 saturated heterocycles. The number of hydrazone groups is 1. The van der Waals surface area contributed by atoms with Gasteiger partial charge >= 0.3 is 0 Å². The molecular weight excluding hydrogens is 346 g/mol. The average molecular weight is 365 g/mol. The zero-order chi connectivity index (χ0) is 17.9. The molecule has 4 rings (SSSR count). The normalized spacial score (nSPS) is 17.4. The third-order valence-corrected chi connectivity index (χ3v) is 5.61. The molecular formula is C20H19N3O2S. The Balaban J connectivity index is 1.67. The number of carbonyl (C=O) groups excluding carboxylic acids is 2. The number of fused-ring (bicyclic) bond motifs is 1. The second kappa shape index (κ2) is 7.33. The van der Waals surface area contributed by atoms with Gasteiger partial charge in [-0.3, -0.25) is 9.59 Å². The van der Waals surface area contributed by atoms with Crippen molar-refractivity contribution < 1.29 is 9.59 Å². The Kier molecular flexibility index (Phi) is 4.75. The second-order valence-corrected chi connectivity index (χ2v) is 7.35. The number of amides is 2. The first-order valence-corrected chi connectivity index (χ1v) is 9.72. The third-order valence-electron chi connectivity index (χ3n) is 4.47. The standard InChI is InChI=1S/C20H19N3O2S/c24-19-12-11-16(21-23(19)15-7-2-1-3-8-15)20(25)22-13-6-14-26-18-10-5-4-9-17(18)22/h1-5,7-10H,6,11-14H2. The lowest BCUT2D eigenvalue weighted by molar-refractivity contribution is -0.118. The second-order valence-electron chi connectivity index (χ2n) is 6.21. The van der Waals surface area contributed by atoms with E-state index in [2.05, 4.69) is 5.10 Å². The molecule has 2 aromatic carbocycles. The predicted octanol–water partition coefficient (Wildman–Crippen LogP) is 3.70. The van der Waals surface area contributed by atoms with Crippen LogP contribution in [-0.4, -0.2) is 29.8 Å². The van der Waals surface area contributed by atoms with Gasteiger partial charge in [0.05, 0.1) is 11.4 Å². The fraction of sp³-hybridized carbons (Fsp3) is 0.250. The third kappa shape index (κ3) is 3.24. The number of benzene rings is 2. The van der Waals surface area contributed by atoms with E-state index in [1.807, 2.05) is 59.5 Å². The van der Waals surface area contributed by atoms with Crippen molar-refractivity contribution in [2.45, 2.75) is 24.2 Å². The van der Waals surface area contributed by atoms with Crippen molar-refractivity contribution in [1.82, 2.24) is 0 Å². The van der Waals surface area contributed by atoms with Gasteiger partial charge in [-0.15, -0.1) is 11.8 Å². The van der Waals surface area contributed by atoms with Gasteiger partial charge in [-0.2, -0.15) is 5.10 Å². The van der Waals surface area contributed by atoms with E-state index in [4.69, 9.17) is 0 Å². The molecule has 0 aliphatic carbocycles. The van der Waals surface area contributed by atoms with E-state index in [0.29, 0.717) is 30.8 Å². The Morgan fingerprint density at radius 2 is 1.77 bits per heavy atom. The molecule has 0 radical (unpaired) electrons. The average Bonchev–Trinajstić information content (AvgIpc) is 2.91. The van der Waals surface area contributed by atoms with Gasteiger partial charge in [-0.1, -0.05) is 30.3 Å². The quantitative estimate of drug-likeness (QED) is 0.815. The molecule has 6 heteroatoms. The van der Waals surface area contributed by atoms with E-state index in [-0.39, 0.29) is 11.8 Å². The van der Waals surface area contributed by atoms with Crippen LogP contribution in [0.1, 0.15) is 19.3 Å². The maximum Gasteiger partial charge on any atom is 0.274 e. The molecule has 0 atom stereocenters. The number of carbonyl (C=O) groups is 2. The molecule has 0 spiro atoms. The summed E-state index contributed by atoms with van der Waals surface area (Å²) in [5.41, 5.74) is 2.07. The zero-order valence-corrected chi connectivity index (χ0v) is 15.1. The van der Waals surface area contributed by atoms with Crippen molar-refractivity contribution in [1.29, 1.82) is 0 Å². The van der Waals surface area contributed by atoms with Crippen LogP contribution in [0.25, 0.3) is 0 Å². The molecule has 0 aromatic heterocycles. The van der Waals surface area contributed by atoms with Crippen LogP contribution in [-0.2, 0) is 9.59 Å². The van der Waals surface area contributed by atoms with Gasteiger partial charge in [0, 0.05) is 24.3 Å². The summed E-state index contributed by atoms with van der Waals surface area (Å²) in [4.78, 5) is 28.4. The highest BCUT2D eigenvalue weighted by Crippen LogP contribution is 2.34. The Morgan fingerprint density at radius 3 is 2.62 bits per heavy atom. The van der Waals surface area contributed by atoms with Crippen molar-refractivity contribution in [3.05, 3.63) is 54.6 Å². The lowest BCUT2D eigenvalue weighted by atomic mass is 10.1. The summed E-state index contributed by atoms with van der Waals surface area (Å²) < 4.78 is 0. The molecule has 2 aromatic rings. The summed E-state index contributed by atoms with van der Waals surface area (Å²) >= 11 is 1.78. The number of para-hydroxylation sites is 2. The van der Waals surface area contributed by atoms with E-state index < -0.39 is 0 Å². The van der Waals surface area contributed by atoms with Crippen LogP contribution in [0.15, 0.2) is 64.6 Å². The molecule has 0 unspecified atom stereocenters. The van der Waals surface area contributed by atoms with Crippen molar-refractivity contribution in [2.75, 3.05) is 22.2 Å². The molecule has 0 saturated carbocycles. The molecule has 2 aliphatic rings. The first kappa shape index (κ1) is 16.8. The van der Waals surface area contributed by atoms with Gasteiger partial charge < -0.3 is 4.90 Å². The minimum Gasteiger partial charge on any atom is -0.306 e. The summed E-state index contributed by atoms with van der Waals surface area (Å²) in [7, 11) is 0. The van der Waals surface area contributed by atoms with Crippen LogP contribution in [0.5, 0.6) is 0 Å². The number of nitrogens with zero attached hydrogens (tertiary/aromatic N) is 3. The van der Waals surface area contributed by atoms with Gasteiger partial charge in [0.25, 0.3) is 5.91 Å². The lowest BCUT2D eigenvalue weighted by Gasteiger charge is -2.27. The van der Waals surface area contributed by atoms with Gasteiger partial charge in [0.2, 0.25) is 5.91 Å². The molecule has 2 amide bonds. The number of hydrogen-bond acceptors (Lipinski definition) is 4. The SMILES string of the molecule is O=C(C1=NN(c2ccccc2)C(=O)CC1)N1CCCSc2ccccc21. The van der Waals surface area contributed by atoms with Crippen LogP contribution in [0, 0.1) is 0 Å². The fourth-order valence-electron chi connectivity index (χ4n) is 3.17. The molecule has 0 N–H and O–H groups in total. The highest BCUT2D eigenvalue weighted by atomic mass is 32.2. The van der Waals surface area contributed by atoms with Crippen LogP contribution in [0.3, 0.4) is 0 Å². The zero-order valence-electron chi connectivity index (χ0n) is 14.3. The monoisotopic (exact) mass is 365 g/mol. The van der Waals surface area contributed by atoms with E-state index >= 15 is 0 Å². The summed E-state index contributed by atoms with van der Waals surface area (Å²) in [5.74, 6) is 0.801. The molecule has 0 bridgehead atoms. The molecule has 2 heterocycles. The van der Waals surface area contributed by atoms with Crippen LogP contribution < -0.4 is 9.91 Å². The van der Waals surface area contributed by atoms with E-state index in [1.165, 1.54) is 5.01 Å². The van der Waals surface area contributed by atoms with Crippen LogP contribution in [0.2, 0.25) is 0 Å². The number of rotatable bonds is 2. The summed E-state index contributed by atoms with van der Waals surface area (Å²) in [5, 5.41) is 5.77. The minimum absolute atomic E-state index is 0.0837. The number of anilines is 2. The van der Waals surface area contributed by atoms with Gasteiger partial charge in [-0.05, 0) is 36.4 Å². The summed E-state index contributed by atoms with van der Waals surface area (Å²) in [6.07, 6.45) is 1.61. The number of thioether (sulfide) groups is 1. The van der Waals surface area contributed by atoms with Crippen LogP contribution in [0.4, 0.5) is 11.4 Å². The maximum atomic E-state index is 13.2. The molecule has 132 valence electrons. The smallest absolute Gasteiger partial charge is 0.274 e. The summed E-state index contributed by atoms with van der Waals surface area (Å²) in [6, 6.07) is 17.2. The van der Waals surface area contributed by atoms with E-state index in [1.54, 1.807) is 11.8 Å². The number of hydrogen-bond donors (Lipinski definition) is 0. The first-order chi connectivity index (χ1) is 12.7. The highest BCUT2D eigenvalue weighted by molar-refractivity contribution is 7.99. The van der Waals surface area contributed by atoms with Crippen LogP contribution >= 0.6 is 11.8 Å². The lowest BCUT2D eigenvalue weighted by Crippen LogP contribution is -2.42. The van der Waals surface area contributed by atoms with Gasteiger partial charge in [0.15, 0.2) is 0 Å². The van der Waals surface area contributed by atoms with Crippen molar-refractivity contribution in [3.63, 3.8) is 0 Å². The molecule has 26 heavy (non-hydrogen) atoms. The van der Waals surface area contributed by atoms with Crippen molar-refractivity contribution >= 4 is 40.7 Å². The Bertz CT molecular complexity index is 866.